The highest BCUT2D eigenvalue weighted by molar-refractivity contribution is 5.69. The molecular weight excluding hydrogens is 325 g/mol. The van der Waals surface area contributed by atoms with Gasteiger partial charge in [0.15, 0.2) is 11.6 Å². The van der Waals surface area contributed by atoms with Gasteiger partial charge < -0.3 is 19.5 Å². The van der Waals surface area contributed by atoms with Gasteiger partial charge in [-0.1, -0.05) is 6.07 Å². The Labute approximate surface area is 147 Å². The Morgan fingerprint density at radius 2 is 1.92 bits per heavy atom. The number of carbonyl (C=O) groups excluding carboxylic acids is 1. The first-order chi connectivity index (χ1) is 11.8. The molecule has 1 N–H and O–H groups in total. The molecule has 3 atom stereocenters. The second kappa shape index (κ2) is 6.83. The fourth-order valence-electron chi connectivity index (χ4n) is 3.75. The molecule has 1 amide bonds. The number of nitrogens with zero attached hydrogens (tertiary/aromatic N) is 1. The number of rotatable bonds is 3. The molecule has 2 aliphatic rings. The highest BCUT2D eigenvalue weighted by atomic mass is 19.1. The van der Waals surface area contributed by atoms with Gasteiger partial charge in [-0.25, -0.2) is 9.18 Å². The number of piperidine rings is 1. The lowest BCUT2D eigenvalue weighted by Gasteiger charge is -2.39. The van der Waals surface area contributed by atoms with Crippen LogP contribution in [0.4, 0.5) is 9.18 Å². The molecule has 3 rings (SSSR count). The third-order valence-corrected chi connectivity index (χ3v) is 4.77. The van der Waals surface area contributed by atoms with Crippen LogP contribution in [-0.4, -0.2) is 39.9 Å². The van der Waals surface area contributed by atoms with Gasteiger partial charge in [-0.15, -0.1) is 0 Å². The average Bonchev–Trinajstić information content (AvgIpc) is 2.79. The van der Waals surface area contributed by atoms with Gasteiger partial charge in [0.05, 0.1) is 6.61 Å². The van der Waals surface area contributed by atoms with Crippen molar-refractivity contribution in [3.05, 3.63) is 29.6 Å². The minimum atomic E-state index is -0.516. The zero-order chi connectivity index (χ0) is 18.2. The summed E-state index contributed by atoms with van der Waals surface area (Å²) in [7, 11) is 0. The average molecular weight is 351 g/mol. The van der Waals surface area contributed by atoms with E-state index in [0.29, 0.717) is 18.4 Å². The van der Waals surface area contributed by atoms with E-state index in [1.165, 1.54) is 18.2 Å². The van der Waals surface area contributed by atoms with Crippen LogP contribution in [0.15, 0.2) is 18.2 Å². The normalized spacial score (nSPS) is 25.8. The Balaban J connectivity index is 1.67. The summed E-state index contributed by atoms with van der Waals surface area (Å²) >= 11 is 0. The second-order valence-electron chi connectivity index (χ2n) is 7.91. The van der Waals surface area contributed by atoms with Gasteiger partial charge in [0.1, 0.15) is 11.7 Å². The molecular formula is C19H26FNO4. The van der Waals surface area contributed by atoms with E-state index in [1.807, 2.05) is 25.7 Å². The van der Waals surface area contributed by atoms with Gasteiger partial charge in [0.2, 0.25) is 0 Å². The van der Waals surface area contributed by atoms with E-state index in [4.69, 9.17) is 9.47 Å². The molecule has 6 heteroatoms. The number of fused-ring (bicyclic) bond motifs is 2. The predicted molar refractivity (Wildman–Crippen MR) is 90.9 cm³/mol. The number of amides is 1. The van der Waals surface area contributed by atoms with E-state index >= 15 is 0 Å². The molecule has 0 aromatic heterocycles. The minimum absolute atomic E-state index is 0.0719. The number of hydrogen-bond donors (Lipinski definition) is 1. The number of hydrogen-bond acceptors (Lipinski definition) is 4. The first-order valence-corrected chi connectivity index (χ1v) is 8.84. The van der Waals surface area contributed by atoms with Gasteiger partial charge in [-0.05, 0) is 51.3 Å². The molecule has 2 heterocycles. The molecule has 2 bridgehead atoms. The third-order valence-electron chi connectivity index (χ3n) is 4.77. The summed E-state index contributed by atoms with van der Waals surface area (Å²) < 4.78 is 25.4. The minimum Gasteiger partial charge on any atom is -0.487 e. The zero-order valence-electron chi connectivity index (χ0n) is 15.0. The molecule has 138 valence electrons. The van der Waals surface area contributed by atoms with Crippen molar-refractivity contribution in [1.29, 1.82) is 0 Å². The molecule has 2 fully saturated rings. The van der Waals surface area contributed by atoms with Crippen molar-refractivity contribution >= 4 is 6.09 Å². The van der Waals surface area contributed by atoms with Crippen molar-refractivity contribution in [3.63, 3.8) is 0 Å². The number of aliphatic hydroxyl groups is 1. The molecule has 1 aromatic rings. The molecule has 0 aliphatic carbocycles. The summed E-state index contributed by atoms with van der Waals surface area (Å²) in [5.41, 5.74) is 0.100. The number of ether oxygens (including phenoxy) is 2. The topological polar surface area (TPSA) is 59.0 Å². The predicted octanol–water partition coefficient (Wildman–Crippen LogP) is 3.63. The van der Waals surface area contributed by atoms with Gasteiger partial charge in [0, 0.05) is 24.9 Å². The number of carbonyl (C=O) groups is 1. The highest BCUT2D eigenvalue weighted by Crippen LogP contribution is 2.38. The molecule has 1 aromatic carbocycles. The summed E-state index contributed by atoms with van der Waals surface area (Å²) in [6, 6.07) is 4.53. The fraction of sp³-hybridized carbons (Fsp3) is 0.632. The molecule has 5 nitrogen and oxygen atoms in total. The van der Waals surface area contributed by atoms with Crippen LogP contribution in [0.3, 0.4) is 0 Å². The van der Waals surface area contributed by atoms with E-state index in [9.17, 15) is 14.3 Å². The van der Waals surface area contributed by atoms with Gasteiger partial charge in [-0.2, -0.15) is 0 Å². The first kappa shape index (κ1) is 18.0. The lowest BCUT2D eigenvalue weighted by Crippen LogP contribution is -2.50. The van der Waals surface area contributed by atoms with Crippen LogP contribution in [0.5, 0.6) is 5.75 Å². The van der Waals surface area contributed by atoms with Crippen LogP contribution in [0.25, 0.3) is 0 Å². The summed E-state index contributed by atoms with van der Waals surface area (Å²) in [6.07, 6.45) is 2.76. The van der Waals surface area contributed by atoms with Crippen molar-refractivity contribution in [2.24, 2.45) is 0 Å². The van der Waals surface area contributed by atoms with E-state index in [1.54, 1.807) is 0 Å². The molecule has 2 aliphatic heterocycles. The molecule has 0 spiro atoms. The van der Waals surface area contributed by atoms with Crippen LogP contribution >= 0.6 is 0 Å². The smallest absolute Gasteiger partial charge is 0.410 e. The quantitative estimate of drug-likeness (QED) is 0.903. The van der Waals surface area contributed by atoms with Crippen molar-refractivity contribution in [3.8, 4) is 5.75 Å². The number of aliphatic hydroxyl groups excluding tert-OH is 1. The van der Waals surface area contributed by atoms with E-state index in [-0.39, 0.29) is 36.6 Å². The number of benzene rings is 1. The zero-order valence-corrected chi connectivity index (χ0v) is 15.0. The second-order valence-corrected chi connectivity index (χ2v) is 7.91. The molecule has 2 saturated heterocycles. The third kappa shape index (κ3) is 4.06. The van der Waals surface area contributed by atoms with Crippen molar-refractivity contribution in [1.82, 2.24) is 4.90 Å². The van der Waals surface area contributed by atoms with Crippen LogP contribution in [-0.2, 0) is 11.3 Å². The van der Waals surface area contributed by atoms with Crippen LogP contribution < -0.4 is 4.74 Å². The Kier molecular flexibility index (Phi) is 4.91. The summed E-state index contributed by atoms with van der Waals surface area (Å²) in [5.74, 6) is -0.263. The summed E-state index contributed by atoms with van der Waals surface area (Å²) in [4.78, 5) is 14.3. The molecule has 0 saturated carbocycles. The van der Waals surface area contributed by atoms with Gasteiger partial charge in [0.25, 0.3) is 0 Å². The lowest BCUT2D eigenvalue weighted by atomic mass is 10.00. The van der Waals surface area contributed by atoms with Gasteiger partial charge >= 0.3 is 6.09 Å². The van der Waals surface area contributed by atoms with Crippen molar-refractivity contribution in [2.75, 3.05) is 0 Å². The van der Waals surface area contributed by atoms with E-state index in [2.05, 4.69) is 0 Å². The van der Waals surface area contributed by atoms with Crippen LogP contribution in [0.1, 0.15) is 52.0 Å². The van der Waals surface area contributed by atoms with Crippen molar-refractivity contribution < 1.29 is 23.8 Å². The Hall–Kier alpha value is -1.82. The molecule has 0 unspecified atom stereocenters. The maximum atomic E-state index is 14.0. The first-order valence-electron chi connectivity index (χ1n) is 8.84. The summed E-state index contributed by atoms with van der Waals surface area (Å²) in [5, 5.41) is 9.21. The Bertz CT molecular complexity index is 629. The number of halogens is 1. The van der Waals surface area contributed by atoms with E-state index in [0.717, 1.165) is 12.8 Å². The maximum Gasteiger partial charge on any atom is 0.410 e. The Morgan fingerprint density at radius 1 is 1.28 bits per heavy atom. The fourth-order valence-corrected chi connectivity index (χ4v) is 3.75. The Morgan fingerprint density at radius 3 is 2.48 bits per heavy atom. The molecule has 0 radical (unpaired) electrons. The van der Waals surface area contributed by atoms with E-state index < -0.39 is 11.4 Å². The van der Waals surface area contributed by atoms with Crippen LogP contribution in [0, 0.1) is 5.82 Å². The standard InChI is InChI=1S/C19H26FNO4/c1-19(2,3)25-18(23)21-13-5-6-14(21)10-15(9-13)24-17-8-12(11-22)4-7-16(17)20/h4,7-8,13-15,22H,5-6,9-11H2,1-3H3/t13-,14+,15+. The molecule has 25 heavy (non-hydrogen) atoms. The SMILES string of the molecule is CC(C)(C)OC(=O)N1[C@@H]2CC[C@H]1C[C@@H](Oc1cc(CO)ccc1F)C2. The maximum absolute atomic E-state index is 14.0. The lowest BCUT2D eigenvalue weighted by molar-refractivity contribution is -0.00755. The van der Waals surface area contributed by atoms with Gasteiger partial charge in [-0.3, -0.25) is 0 Å². The largest absolute Gasteiger partial charge is 0.487 e. The van der Waals surface area contributed by atoms with Crippen LogP contribution in [0.2, 0.25) is 0 Å². The monoisotopic (exact) mass is 351 g/mol. The highest BCUT2D eigenvalue weighted by Gasteiger charge is 2.45. The summed E-state index contributed by atoms with van der Waals surface area (Å²) in [6.45, 7) is 5.43. The van der Waals surface area contributed by atoms with Crippen molar-refractivity contribution in [2.45, 2.75) is 76.9 Å².